The van der Waals surface area contributed by atoms with E-state index in [2.05, 4.69) is 29.6 Å². The zero-order valence-corrected chi connectivity index (χ0v) is 14.2. The number of benzene rings is 2. The summed E-state index contributed by atoms with van der Waals surface area (Å²) in [6, 6.07) is 16.8. The molecule has 1 heterocycles. The van der Waals surface area contributed by atoms with Gasteiger partial charge in [-0.1, -0.05) is 30.3 Å². The molecule has 0 saturated heterocycles. The van der Waals surface area contributed by atoms with Crippen LogP contribution in [0.2, 0.25) is 0 Å². The van der Waals surface area contributed by atoms with Crippen LogP contribution in [0.15, 0.2) is 60.4 Å². The normalized spacial score (nSPS) is 16.6. The summed E-state index contributed by atoms with van der Waals surface area (Å²) in [5.74, 6) is 0.747. The molecule has 0 amide bonds. The van der Waals surface area contributed by atoms with Crippen molar-refractivity contribution in [1.29, 1.82) is 0 Å². The van der Waals surface area contributed by atoms with Crippen molar-refractivity contribution >= 4 is 18.1 Å². The fourth-order valence-electron chi connectivity index (χ4n) is 2.81. The Balaban J connectivity index is 0.00000208. The van der Waals surface area contributed by atoms with E-state index >= 15 is 0 Å². The lowest BCUT2D eigenvalue weighted by molar-refractivity contribution is 0.347. The molecule has 2 aromatic rings. The van der Waals surface area contributed by atoms with E-state index in [1.54, 1.807) is 0 Å². The first-order valence-corrected chi connectivity index (χ1v) is 7.85. The van der Waals surface area contributed by atoms with Gasteiger partial charge in [-0.2, -0.15) is 0 Å². The molecule has 1 aliphatic heterocycles. The zero-order valence-electron chi connectivity index (χ0n) is 13.4. The van der Waals surface area contributed by atoms with Crippen molar-refractivity contribution in [2.24, 2.45) is 5.73 Å². The maximum Gasteiger partial charge on any atom is 0.120 e. The van der Waals surface area contributed by atoms with Crippen molar-refractivity contribution in [2.45, 2.75) is 18.9 Å². The Kier molecular flexibility index (Phi) is 6.64. The highest BCUT2D eigenvalue weighted by atomic mass is 35.5. The molecule has 1 aliphatic rings. The van der Waals surface area contributed by atoms with Crippen molar-refractivity contribution in [2.75, 3.05) is 18.5 Å². The van der Waals surface area contributed by atoms with Crippen LogP contribution in [0, 0.1) is 0 Å². The third-order valence-electron chi connectivity index (χ3n) is 4.15. The molecule has 128 valence electrons. The average Bonchev–Trinajstić information content (AvgIpc) is 2.63. The Morgan fingerprint density at radius 3 is 2.75 bits per heavy atom. The van der Waals surface area contributed by atoms with Gasteiger partial charge in [-0.15, -0.1) is 12.4 Å². The van der Waals surface area contributed by atoms with Crippen LogP contribution in [0.5, 0.6) is 5.75 Å². The largest absolute Gasteiger partial charge is 0.489 e. The first-order chi connectivity index (χ1) is 11.3. The smallest absolute Gasteiger partial charge is 0.120 e. The van der Waals surface area contributed by atoms with Gasteiger partial charge in [-0.25, -0.2) is 4.39 Å². The zero-order chi connectivity index (χ0) is 16.1. The highest BCUT2D eigenvalue weighted by Gasteiger charge is 2.19. The maximum absolute atomic E-state index is 12.5. The van der Waals surface area contributed by atoms with E-state index in [0.29, 0.717) is 17.9 Å². The summed E-state index contributed by atoms with van der Waals surface area (Å²) in [5.41, 5.74) is 9.55. The number of nitrogens with one attached hydrogen (secondary N) is 1. The first kappa shape index (κ1) is 18.3. The SMILES string of the molecule is Cl.NC/C(=C/F)COc1ccc2c(c1)CCC(c1ccccc1)N2. The van der Waals surface area contributed by atoms with Crippen molar-refractivity contribution in [3.63, 3.8) is 0 Å². The van der Waals surface area contributed by atoms with E-state index < -0.39 is 0 Å². The van der Waals surface area contributed by atoms with E-state index in [9.17, 15) is 4.39 Å². The summed E-state index contributed by atoms with van der Waals surface area (Å²) < 4.78 is 18.1. The summed E-state index contributed by atoms with van der Waals surface area (Å²) in [5, 5.41) is 3.58. The highest BCUT2D eigenvalue weighted by molar-refractivity contribution is 5.85. The molecule has 3 rings (SSSR count). The van der Waals surface area contributed by atoms with Crippen molar-refractivity contribution in [3.05, 3.63) is 71.6 Å². The summed E-state index contributed by atoms with van der Waals surface area (Å²) in [6.45, 7) is 0.355. The lowest BCUT2D eigenvalue weighted by atomic mass is 9.93. The van der Waals surface area contributed by atoms with Gasteiger partial charge in [0.25, 0.3) is 0 Å². The van der Waals surface area contributed by atoms with Crippen LogP contribution in [0.3, 0.4) is 0 Å². The van der Waals surface area contributed by atoms with Gasteiger partial charge in [0, 0.05) is 17.8 Å². The molecule has 5 heteroatoms. The number of ether oxygens (including phenoxy) is 1. The fraction of sp³-hybridized carbons (Fsp3) is 0.263. The van der Waals surface area contributed by atoms with Gasteiger partial charge >= 0.3 is 0 Å². The van der Waals surface area contributed by atoms with Crippen LogP contribution in [0.1, 0.15) is 23.6 Å². The summed E-state index contributed by atoms with van der Waals surface area (Å²) in [6.07, 6.45) is 2.55. The van der Waals surface area contributed by atoms with Gasteiger partial charge in [0.15, 0.2) is 0 Å². The average molecular weight is 349 g/mol. The second-order valence-corrected chi connectivity index (χ2v) is 5.73. The topological polar surface area (TPSA) is 47.3 Å². The molecule has 0 saturated carbocycles. The molecule has 0 fully saturated rings. The number of hydrogen-bond acceptors (Lipinski definition) is 3. The molecule has 2 aromatic carbocycles. The van der Waals surface area contributed by atoms with Gasteiger partial charge in [-0.3, -0.25) is 0 Å². The van der Waals surface area contributed by atoms with Crippen molar-refractivity contribution < 1.29 is 9.13 Å². The van der Waals surface area contributed by atoms with Gasteiger partial charge in [0.1, 0.15) is 12.4 Å². The second-order valence-electron chi connectivity index (χ2n) is 5.73. The Hall–Kier alpha value is -2.04. The summed E-state index contributed by atoms with van der Waals surface area (Å²) in [7, 11) is 0. The van der Waals surface area contributed by atoms with E-state index in [1.165, 1.54) is 11.1 Å². The molecular formula is C19H22ClFN2O. The molecule has 3 N–H and O–H groups in total. The van der Waals surface area contributed by atoms with Crippen LogP contribution < -0.4 is 15.8 Å². The number of nitrogens with two attached hydrogens (primary N) is 1. The minimum absolute atomic E-state index is 0. The van der Waals surface area contributed by atoms with Gasteiger partial charge in [0.2, 0.25) is 0 Å². The Labute approximate surface area is 148 Å². The van der Waals surface area contributed by atoms with E-state index in [1.807, 2.05) is 24.3 Å². The lowest BCUT2D eigenvalue weighted by Crippen LogP contribution is -2.18. The van der Waals surface area contributed by atoms with Crippen LogP contribution in [0.25, 0.3) is 0 Å². The highest BCUT2D eigenvalue weighted by Crippen LogP contribution is 2.34. The molecule has 0 aromatic heterocycles. The molecular weight excluding hydrogens is 327 g/mol. The Morgan fingerprint density at radius 2 is 2.04 bits per heavy atom. The molecule has 0 spiro atoms. The fourth-order valence-corrected chi connectivity index (χ4v) is 2.81. The van der Waals surface area contributed by atoms with Crippen LogP contribution in [0.4, 0.5) is 10.1 Å². The van der Waals surface area contributed by atoms with Crippen LogP contribution >= 0.6 is 12.4 Å². The number of halogens is 2. The quantitative estimate of drug-likeness (QED) is 0.842. The predicted molar refractivity (Wildman–Crippen MR) is 98.6 cm³/mol. The molecule has 1 atom stereocenters. The maximum atomic E-state index is 12.5. The molecule has 0 radical (unpaired) electrons. The number of rotatable bonds is 5. The van der Waals surface area contributed by atoms with E-state index in [4.69, 9.17) is 10.5 Å². The van der Waals surface area contributed by atoms with Gasteiger partial charge < -0.3 is 15.8 Å². The number of anilines is 1. The third kappa shape index (κ3) is 4.28. The predicted octanol–water partition coefficient (Wildman–Crippen LogP) is 4.40. The lowest BCUT2D eigenvalue weighted by Gasteiger charge is -2.28. The first-order valence-electron chi connectivity index (χ1n) is 7.85. The minimum atomic E-state index is 0. The van der Waals surface area contributed by atoms with Gasteiger partial charge in [0.05, 0.1) is 12.4 Å². The number of fused-ring (bicyclic) bond motifs is 1. The van der Waals surface area contributed by atoms with E-state index in [0.717, 1.165) is 24.3 Å². The Morgan fingerprint density at radius 1 is 1.25 bits per heavy atom. The molecule has 3 nitrogen and oxygen atoms in total. The monoisotopic (exact) mass is 348 g/mol. The third-order valence-corrected chi connectivity index (χ3v) is 4.15. The summed E-state index contributed by atoms with van der Waals surface area (Å²) in [4.78, 5) is 0. The second kappa shape index (κ2) is 8.71. The Bertz CT molecular complexity index is 691. The summed E-state index contributed by atoms with van der Waals surface area (Å²) >= 11 is 0. The molecule has 0 aliphatic carbocycles. The minimum Gasteiger partial charge on any atom is -0.489 e. The number of aryl methyl sites for hydroxylation is 1. The van der Waals surface area contributed by atoms with Gasteiger partial charge in [-0.05, 0) is 42.2 Å². The molecule has 24 heavy (non-hydrogen) atoms. The van der Waals surface area contributed by atoms with Crippen LogP contribution in [-0.2, 0) is 6.42 Å². The van der Waals surface area contributed by atoms with E-state index in [-0.39, 0.29) is 25.6 Å². The van der Waals surface area contributed by atoms with Crippen molar-refractivity contribution in [1.82, 2.24) is 0 Å². The number of hydrogen-bond donors (Lipinski definition) is 2. The molecule has 0 bridgehead atoms. The standard InChI is InChI=1S/C19H21FN2O.ClH/c20-11-14(12-21)13-23-17-7-9-19-16(10-17)6-8-18(22-19)15-4-2-1-3-5-15;/h1-5,7,9-11,18,22H,6,8,12-13,21H2;1H/b14-11-;. The van der Waals surface area contributed by atoms with Crippen LogP contribution in [-0.4, -0.2) is 13.2 Å². The van der Waals surface area contributed by atoms with Crippen molar-refractivity contribution in [3.8, 4) is 5.75 Å². The molecule has 1 unspecified atom stereocenters.